The van der Waals surface area contributed by atoms with Crippen molar-refractivity contribution < 1.29 is 19.1 Å². The topological polar surface area (TPSA) is 75.4 Å². The van der Waals surface area contributed by atoms with Gasteiger partial charge in [-0.15, -0.1) is 0 Å². The van der Waals surface area contributed by atoms with Crippen molar-refractivity contribution in [1.29, 1.82) is 0 Å². The third kappa shape index (κ3) is 4.36. The molecular weight excluding hydrogens is 337 g/mol. The van der Waals surface area contributed by atoms with Gasteiger partial charge < -0.3 is 10.0 Å². The lowest BCUT2D eigenvalue weighted by atomic mass is 10.0. The second-order valence-electron chi connectivity index (χ2n) is 6.28. The van der Waals surface area contributed by atoms with Gasteiger partial charge in [0.05, 0.1) is 17.8 Å². The number of nitrogens with zero attached hydrogens (tertiary/aromatic N) is 3. The summed E-state index contributed by atoms with van der Waals surface area (Å²) in [5, 5.41) is 13.1. The lowest BCUT2D eigenvalue weighted by molar-refractivity contribution is -0.131. The number of piperidine rings is 1. The van der Waals surface area contributed by atoms with Crippen molar-refractivity contribution in [3.63, 3.8) is 0 Å². The smallest absolute Gasteiger partial charge is 0.338 e. The van der Waals surface area contributed by atoms with Crippen LogP contribution in [0.15, 0.2) is 42.7 Å². The second-order valence-corrected chi connectivity index (χ2v) is 6.28. The SMILES string of the molecule is O=C(O)c1cnn(C2CCN(C(=O)C/C=C/c3ccc(F)cc3)CC2)c1. The van der Waals surface area contributed by atoms with Crippen molar-refractivity contribution in [2.75, 3.05) is 13.1 Å². The number of likely N-dealkylation sites (tertiary alicyclic amines) is 1. The molecule has 7 heteroatoms. The zero-order valence-electron chi connectivity index (χ0n) is 14.2. The fourth-order valence-corrected chi connectivity index (χ4v) is 3.03. The van der Waals surface area contributed by atoms with Crippen LogP contribution in [0.1, 0.15) is 41.2 Å². The van der Waals surface area contributed by atoms with Gasteiger partial charge in [0.2, 0.25) is 5.91 Å². The molecule has 6 nitrogen and oxygen atoms in total. The van der Waals surface area contributed by atoms with Gasteiger partial charge in [0.1, 0.15) is 5.82 Å². The largest absolute Gasteiger partial charge is 0.478 e. The highest BCUT2D eigenvalue weighted by molar-refractivity contribution is 5.86. The molecule has 0 atom stereocenters. The molecule has 1 aromatic heterocycles. The molecule has 3 rings (SSSR count). The van der Waals surface area contributed by atoms with Crippen LogP contribution in [0.25, 0.3) is 6.08 Å². The Morgan fingerprint density at radius 1 is 1.23 bits per heavy atom. The molecule has 1 fully saturated rings. The molecule has 1 aliphatic rings. The van der Waals surface area contributed by atoms with E-state index in [9.17, 15) is 14.0 Å². The standard InChI is InChI=1S/C19H20FN3O3/c20-16-6-4-14(5-7-16)2-1-3-18(24)22-10-8-17(9-11-22)23-13-15(12-21-23)19(25)26/h1-2,4-7,12-13,17H,3,8-11H2,(H,25,26)/b2-1+. The van der Waals surface area contributed by atoms with Gasteiger partial charge in [0.25, 0.3) is 0 Å². The van der Waals surface area contributed by atoms with E-state index in [1.165, 1.54) is 24.5 Å². The minimum absolute atomic E-state index is 0.0495. The van der Waals surface area contributed by atoms with E-state index in [-0.39, 0.29) is 23.3 Å². The molecule has 0 spiro atoms. The van der Waals surface area contributed by atoms with E-state index in [1.807, 2.05) is 4.90 Å². The maximum atomic E-state index is 12.9. The number of carboxylic acids is 1. The minimum Gasteiger partial charge on any atom is -0.478 e. The molecule has 0 unspecified atom stereocenters. The summed E-state index contributed by atoms with van der Waals surface area (Å²) >= 11 is 0. The van der Waals surface area contributed by atoms with E-state index in [0.29, 0.717) is 19.5 Å². The Morgan fingerprint density at radius 3 is 2.54 bits per heavy atom. The normalized spacial score (nSPS) is 15.5. The monoisotopic (exact) mass is 357 g/mol. The predicted molar refractivity (Wildman–Crippen MR) is 94.1 cm³/mol. The van der Waals surface area contributed by atoms with Crippen LogP contribution >= 0.6 is 0 Å². The van der Waals surface area contributed by atoms with Gasteiger partial charge in [0.15, 0.2) is 0 Å². The summed E-state index contributed by atoms with van der Waals surface area (Å²) in [5.41, 5.74) is 1.03. The van der Waals surface area contributed by atoms with Gasteiger partial charge in [0, 0.05) is 25.7 Å². The molecule has 26 heavy (non-hydrogen) atoms. The number of aromatic nitrogens is 2. The molecule has 1 aliphatic heterocycles. The van der Waals surface area contributed by atoms with E-state index >= 15 is 0 Å². The average molecular weight is 357 g/mol. The number of carbonyl (C=O) groups excluding carboxylic acids is 1. The Hall–Kier alpha value is -2.96. The number of hydrogen-bond donors (Lipinski definition) is 1. The van der Waals surface area contributed by atoms with E-state index in [0.717, 1.165) is 18.4 Å². The number of rotatable bonds is 5. The van der Waals surface area contributed by atoms with Crippen LogP contribution in [-0.2, 0) is 4.79 Å². The number of carboxylic acid groups (broad SMARTS) is 1. The molecule has 0 saturated carbocycles. The summed E-state index contributed by atoms with van der Waals surface area (Å²) in [5.74, 6) is -1.22. The average Bonchev–Trinajstić information content (AvgIpc) is 3.14. The van der Waals surface area contributed by atoms with E-state index in [2.05, 4.69) is 5.10 Å². The molecule has 1 aromatic carbocycles. The molecule has 136 valence electrons. The van der Waals surface area contributed by atoms with Gasteiger partial charge in [-0.05, 0) is 30.5 Å². The highest BCUT2D eigenvalue weighted by Gasteiger charge is 2.24. The Bertz CT molecular complexity index is 806. The van der Waals surface area contributed by atoms with Crippen molar-refractivity contribution in [2.45, 2.75) is 25.3 Å². The Labute approximate surface area is 150 Å². The molecule has 1 amide bonds. The summed E-state index contributed by atoms with van der Waals surface area (Å²) in [6.45, 7) is 1.24. The van der Waals surface area contributed by atoms with Gasteiger partial charge in [-0.2, -0.15) is 5.10 Å². The van der Waals surface area contributed by atoms with E-state index < -0.39 is 5.97 Å². The van der Waals surface area contributed by atoms with Crippen LogP contribution in [0.4, 0.5) is 4.39 Å². The number of aromatic carboxylic acids is 1. The fourth-order valence-electron chi connectivity index (χ4n) is 3.03. The molecular formula is C19H20FN3O3. The Balaban J connectivity index is 1.48. The maximum absolute atomic E-state index is 12.9. The summed E-state index contributed by atoms with van der Waals surface area (Å²) in [6, 6.07) is 6.21. The molecule has 2 heterocycles. The summed E-state index contributed by atoms with van der Waals surface area (Å²) in [6.07, 6.45) is 8.26. The quantitative estimate of drug-likeness (QED) is 0.893. The zero-order chi connectivity index (χ0) is 18.5. The van der Waals surface area contributed by atoms with Gasteiger partial charge >= 0.3 is 5.97 Å². The Morgan fingerprint density at radius 2 is 1.92 bits per heavy atom. The van der Waals surface area contributed by atoms with Crippen molar-refractivity contribution >= 4 is 18.0 Å². The number of halogens is 1. The van der Waals surface area contributed by atoms with E-state index in [1.54, 1.807) is 29.0 Å². The van der Waals surface area contributed by atoms with Crippen molar-refractivity contribution in [3.05, 3.63) is 59.7 Å². The zero-order valence-corrected chi connectivity index (χ0v) is 14.2. The third-order valence-corrected chi connectivity index (χ3v) is 4.51. The number of hydrogen-bond acceptors (Lipinski definition) is 3. The minimum atomic E-state index is -0.989. The van der Waals surface area contributed by atoms with Crippen LogP contribution in [0.2, 0.25) is 0 Å². The summed E-state index contributed by atoms with van der Waals surface area (Å²) in [4.78, 5) is 25.0. The molecule has 0 radical (unpaired) electrons. The molecule has 0 bridgehead atoms. The van der Waals surface area contributed by atoms with Gasteiger partial charge in [-0.3, -0.25) is 9.48 Å². The highest BCUT2D eigenvalue weighted by atomic mass is 19.1. The van der Waals surface area contributed by atoms with Crippen LogP contribution in [-0.4, -0.2) is 44.8 Å². The number of carbonyl (C=O) groups is 2. The first-order chi connectivity index (χ1) is 12.5. The Kier molecular flexibility index (Phi) is 5.46. The highest BCUT2D eigenvalue weighted by Crippen LogP contribution is 2.22. The first kappa shape index (κ1) is 17.8. The molecule has 1 saturated heterocycles. The molecule has 2 aromatic rings. The summed E-state index contributed by atoms with van der Waals surface area (Å²) < 4.78 is 14.5. The van der Waals surface area contributed by atoms with Crippen LogP contribution in [0, 0.1) is 5.82 Å². The first-order valence-electron chi connectivity index (χ1n) is 8.50. The number of amides is 1. The van der Waals surface area contributed by atoms with Crippen molar-refractivity contribution in [1.82, 2.24) is 14.7 Å². The fraction of sp³-hybridized carbons (Fsp3) is 0.316. The van der Waals surface area contributed by atoms with Crippen molar-refractivity contribution in [2.24, 2.45) is 0 Å². The van der Waals surface area contributed by atoms with Gasteiger partial charge in [-0.1, -0.05) is 24.3 Å². The third-order valence-electron chi connectivity index (χ3n) is 4.51. The lowest BCUT2D eigenvalue weighted by Crippen LogP contribution is -2.38. The van der Waals surface area contributed by atoms with E-state index in [4.69, 9.17) is 5.11 Å². The van der Waals surface area contributed by atoms with Crippen LogP contribution in [0.3, 0.4) is 0 Å². The van der Waals surface area contributed by atoms with Crippen LogP contribution < -0.4 is 0 Å². The maximum Gasteiger partial charge on any atom is 0.338 e. The second kappa shape index (κ2) is 7.95. The lowest BCUT2D eigenvalue weighted by Gasteiger charge is -2.32. The predicted octanol–water partition coefficient (Wildman–Crippen LogP) is 2.99. The van der Waals surface area contributed by atoms with Crippen molar-refractivity contribution in [3.8, 4) is 0 Å². The molecule has 0 aliphatic carbocycles. The first-order valence-corrected chi connectivity index (χ1v) is 8.50. The molecule has 1 N–H and O–H groups in total. The summed E-state index contributed by atoms with van der Waals surface area (Å²) in [7, 11) is 0. The van der Waals surface area contributed by atoms with Gasteiger partial charge in [-0.25, -0.2) is 9.18 Å². The number of benzene rings is 1. The van der Waals surface area contributed by atoms with Crippen LogP contribution in [0.5, 0.6) is 0 Å².